The average molecular weight is 493 g/mol. The molecule has 2 aliphatic rings. The molecule has 1 fully saturated rings. The summed E-state index contributed by atoms with van der Waals surface area (Å²) < 4.78 is 39.3. The Morgan fingerprint density at radius 2 is 1.51 bits per heavy atom. The molecule has 0 saturated carbocycles. The van der Waals surface area contributed by atoms with Crippen LogP contribution in [-0.4, -0.2) is 37.9 Å². The fourth-order valence-electron chi connectivity index (χ4n) is 4.72. The Kier molecular flexibility index (Phi) is 6.25. The van der Waals surface area contributed by atoms with E-state index < -0.39 is 10.0 Å². The molecular formula is C27H28N2O5S. The van der Waals surface area contributed by atoms with E-state index in [1.807, 2.05) is 56.3 Å². The minimum Gasteiger partial charge on any atom is -0.457 e. The molecule has 0 bridgehead atoms. The van der Waals surface area contributed by atoms with Gasteiger partial charge in [0, 0.05) is 24.7 Å². The van der Waals surface area contributed by atoms with E-state index >= 15 is 0 Å². The number of hydrogen-bond donors (Lipinski definition) is 0. The van der Waals surface area contributed by atoms with Crippen molar-refractivity contribution in [2.24, 2.45) is 0 Å². The van der Waals surface area contributed by atoms with E-state index in [-0.39, 0.29) is 23.6 Å². The number of anilines is 1. The zero-order valence-electron chi connectivity index (χ0n) is 19.8. The van der Waals surface area contributed by atoms with Gasteiger partial charge in [0.25, 0.3) is 0 Å². The lowest BCUT2D eigenvalue weighted by atomic mass is 10.00. The van der Waals surface area contributed by atoms with Gasteiger partial charge in [0.05, 0.1) is 10.6 Å². The Morgan fingerprint density at radius 3 is 2.17 bits per heavy atom. The highest BCUT2D eigenvalue weighted by molar-refractivity contribution is 7.89. The molecule has 0 spiro atoms. The van der Waals surface area contributed by atoms with E-state index in [0.717, 1.165) is 22.4 Å². The van der Waals surface area contributed by atoms with Crippen molar-refractivity contribution in [3.8, 4) is 11.5 Å². The molecule has 7 nitrogen and oxygen atoms in total. The molecule has 0 radical (unpaired) electrons. The number of para-hydroxylation sites is 1. The van der Waals surface area contributed by atoms with Gasteiger partial charge in [0.1, 0.15) is 18.1 Å². The molecule has 3 aromatic carbocycles. The predicted molar refractivity (Wildman–Crippen MR) is 133 cm³/mol. The number of ether oxygens (including phenoxy) is 2. The second-order valence-corrected chi connectivity index (χ2v) is 11.0. The van der Waals surface area contributed by atoms with Crippen LogP contribution in [0.15, 0.2) is 71.6 Å². The number of carbonyl (C=O) groups excluding carboxylic acids is 1. The number of nitrogens with zero attached hydrogens (tertiary/aromatic N) is 2. The van der Waals surface area contributed by atoms with Crippen LogP contribution in [0.25, 0.3) is 0 Å². The van der Waals surface area contributed by atoms with Crippen LogP contribution in [0, 0.1) is 13.8 Å². The minimum absolute atomic E-state index is 0.112. The maximum atomic E-state index is 13.3. The molecule has 3 aromatic rings. The predicted octanol–water partition coefficient (Wildman–Crippen LogP) is 5.41. The first-order valence-electron chi connectivity index (χ1n) is 11.7. The van der Waals surface area contributed by atoms with Gasteiger partial charge in [0.2, 0.25) is 10.0 Å². The van der Waals surface area contributed by atoms with Crippen LogP contribution in [-0.2, 0) is 21.4 Å². The second-order valence-electron chi connectivity index (χ2n) is 9.03. The van der Waals surface area contributed by atoms with E-state index in [4.69, 9.17) is 9.47 Å². The molecule has 182 valence electrons. The van der Waals surface area contributed by atoms with Gasteiger partial charge in [-0.3, -0.25) is 4.90 Å². The van der Waals surface area contributed by atoms with Crippen molar-refractivity contribution in [1.29, 1.82) is 0 Å². The number of fused-ring (bicyclic) bond motifs is 1. The quantitative estimate of drug-likeness (QED) is 0.476. The molecule has 1 saturated heterocycles. The minimum atomic E-state index is -3.65. The van der Waals surface area contributed by atoms with Crippen LogP contribution in [0.2, 0.25) is 0 Å². The van der Waals surface area contributed by atoms with Crippen LogP contribution in [0.3, 0.4) is 0 Å². The smallest absolute Gasteiger partial charge is 0.414 e. The van der Waals surface area contributed by atoms with Crippen molar-refractivity contribution in [1.82, 2.24) is 4.31 Å². The van der Waals surface area contributed by atoms with Crippen molar-refractivity contribution >= 4 is 21.8 Å². The third-order valence-corrected chi connectivity index (χ3v) is 8.53. The summed E-state index contributed by atoms with van der Waals surface area (Å²) >= 11 is 0. The summed E-state index contributed by atoms with van der Waals surface area (Å²) in [4.78, 5) is 14.6. The Bertz CT molecular complexity index is 1330. The summed E-state index contributed by atoms with van der Waals surface area (Å²) in [7, 11) is -3.65. The maximum Gasteiger partial charge on any atom is 0.414 e. The second kappa shape index (κ2) is 9.36. The van der Waals surface area contributed by atoms with Gasteiger partial charge >= 0.3 is 6.09 Å². The van der Waals surface area contributed by atoms with Gasteiger partial charge < -0.3 is 9.47 Å². The molecule has 8 heteroatoms. The lowest BCUT2D eigenvalue weighted by Crippen LogP contribution is -2.50. The summed E-state index contributed by atoms with van der Waals surface area (Å²) in [5, 5.41) is 0. The first kappa shape index (κ1) is 23.4. The lowest BCUT2D eigenvalue weighted by molar-refractivity contribution is 0.135. The highest BCUT2D eigenvalue weighted by atomic mass is 32.2. The molecule has 2 heterocycles. The number of cyclic esters (lactones) is 1. The van der Waals surface area contributed by atoms with Crippen LogP contribution < -0.4 is 9.64 Å². The van der Waals surface area contributed by atoms with Crippen LogP contribution >= 0.6 is 0 Å². The van der Waals surface area contributed by atoms with Crippen LogP contribution in [0.4, 0.5) is 10.5 Å². The fourth-order valence-corrected chi connectivity index (χ4v) is 6.19. The van der Waals surface area contributed by atoms with Gasteiger partial charge in [-0.1, -0.05) is 35.9 Å². The monoisotopic (exact) mass is 492 g/mol. The Labute approximate surface area is 205 Å². The molecule has 0 aliphatic carbocycles. The third-order valence-electron chi connectivity index (χ3n) is 6.62. The molecule has 1 amide bonds. The number of aryl methyl sites for hydroxylation is 2. The highest BCUT2D eigenvalue weighted by Gasteiger charge is 2.37. The van der Waals surface area contributed by atoms with Gasteiger partial charge in [-0.25, -0.2) is 13.2 Å². The molecule has 35 heavy (non-hydrogen) atoms. The number of piperidine rings is 1. The summed E-state index contributed by atoms with van der Waals surface area (Å²) in [6.07, 6.45) is 0.713. The molecule has 0 atom stereocenters. The standard InChI is InChI=1S/C27H28N2O5S/c1-19-6-8-23(9-7-19)34-24-10-12-25(13-11-24)35(31,32)28-16-14-22(15-17-28)29-26-20(2)4-3-5-21(26)18-33-27(29)30/h3-13,22H,14-18H2,1-2H3. The topological polar surface area (TPSA) is 76.2 Å². The average Bonchev–Trinajstić information content (AvgIpc) is 2.86. The van der Waals surface area contributed by atoms with E-state index in [9.17, 15) is 13.2 Å². The molecule has 0 aromatic heterocycles. The van der Waals surface area contributed by atoms with Crippen molar-refractivity contribution < 1.29 is 22.7 Å². The molecule has 0 unspecified atom stereocenters. The Morgan fingerprint density at radius 1 is 0.886 bits per heavy atom. The van der Waals surface area contributed by atoms with Gasteiger partial charge in [-0.15, -0.1) is 0 Å². The molecule has 0 N–H and O–H groups in total. The van der Waals surface area contributed by atoms with Crippen LogP contribution in [0.5, 0.6) is 11.5 Å². The zero-order chi connectivity index (χ0) is 24.6. The summed E-state index contributed by atoms with van der Waals surface area (Å²) in [5.41, 5.74) is 4.03. The normalized spacial score (nSPS) is 17.1. The van der Waals surface area contributed by atoms with Crippen molar-refractivity contribution in [3.63, 3.8) is 0 Å². The number of carbonyl (C=O) groups is 1. The van der Waals surface area contributed by atoms with E-state index in [2.05, 4.69) is 0 Å². The number of rotatable bonds is 5. The van der Waals surface area contributed by atoms with Crippen molar-refractivity contribution in [3.05, 3.63) is 83.4 Å². The van der Waals surface area contributed by atoms with Gasteiger partial charge in [0.15, 0.2) is 0 Å². The van der Waals surface area contributed by atoms with Crippen LogP contribution in [0.1, 0.15) is 29.5 Å². The number of hydrogen-bond acceptors (Lipinski definition) is 5. The summed E-state index contributed by atoms with van der Waals surface area (Å²) in [6.45, 7) is 4.92. The first-order valence-corrected chi connectivity index (χ1v) is 13.2. The largest absolute Gasteiger partial charge is 0.457 e. The number of benzene rings is 3. The maximum absolute atomic E-state index is 13.3. The first-order chi connectivity index (χ1) is 16.8. The number of amides is 1. The Hall–Kier alpha value is -3.36. The Balaban J connectivity index is 1.27. The van der Waals surface area contributed by atoms with E-state index in [1.165, 1.54) is 4.31 Å². The number of sulfonamides is 1. The summed E-state index contributed by atoms with van der Waals surface area (Å²) in [6, 6.07) is 20.0. The fraction of sp³-hybridized carbons (Fsp3) is 0.296. The van der Waals surface area contributed by atoms with Gasteiger partial charge in [-0.05, 0) is 68.7 Å². The zero-order valence-corrected chi connectivity index (χ0v) is 20.6. The van der Waals surface area contributed by atoms with Crippen molar-refractivity contribution in [2.75, 3.05) is 18.0 Å². The van der Waals surface area contributed by atoms with Gasteiger partial charge in [-0.2, -0.15) is 4.31 Å². The van der Waals surface area contributed by atoms with Crippen molar-refractivity contribution in [2.45, 2.75) is 44.2 Å². The molecular weight excluding hydrogens is 464 g/mol. The lowest BCUT2D eigenvalue weighted by Gasteiger charge is -2.40. The highest BCUT2D eigenvalue weighted by Crippen LogP contribution is 2.35. The van der Waals surface area contributed by atoms with E-state index in [0.29, 0.717) is 37.4 Å². The van der Waals surface area contributed by atoms with E-state index in [1.54, 1.807) is 29.2 Å². The SMILES string of the molecule is Cc1ccc(Oc2ccc(S(=O)(=O)N3CCC(N4C(=O)OCc5cccc(C)c54)CC3)cc2)cc1. The third kappa shape index (κ3) is 4.63. The molecule has 5 rings (SSSR count). The molecule has 2 aliphatic heterocycles. The summed E-state index contributed by atoms with van der Waals surface area (Å²) in [5.74, 6) is 1.27.